The van der Waals surface area contributed by atoms with Crippen molar-refractivity contribution < 1.29 is 4.74 Å². The van der Waals surface area contributed by atoms with Crippen LogP contribution < -0.4 is 4.90 Å². The lowest BCUT2D eigenvalue weighted by atomic mass is 9.96. The first-order valence-electron chi connectivity index (χ1n) is 6.67. The molecule has 0 N–H and O–H groups in total. The third-order valence-electron chi connectivity index (χ3n) is 3.92. The number of fused-ring (bicyclic) bond motifs is 3. The molecular formula is C16H18BrNO. The fourth-order valence-corrected chi connectivity index (χ4v) is 3.56. The number of benzene rings is 2. The molecule has 0 saturated carbocycles. The molecule has 2 aromatic rings. The van der Waals surface area contributed by atoms with Crippen molar-refractivity contribution in [2.45, 2.75) is 12.8 Å². The first-order valence-corrected chi connectivity index (χ1v) is 7.46. The predicted molar refractivity (Wildman–Crippen MR) is 84.2 cm³/mol. The van der Waals surface area contributed by atoms with Crippen molar-refractivity contribution in [3.8, 4) is 0 Å². The average molecular weight is 320 g/mol. The molecular weight excluding hydrogens is 302 g/mol. The Balaban J connectivity index is 2.12. The van der Waals surface area contributed by atoms with E-state index < -0.39 is 0 Å². The smallest absolute Gasteiger partial charge is 0.0637 e. The summed E-state index contributed by atoms with van der Waals surface area (Å²) in [6.07, 6.45) is 0. The molecule has 0 amide bonds. The van der Waals surface area contributed by atoms with Gasteiger partial charge in [0.1, 0.15) is 0 Å². The van der Waals surface area contributed by atoms with Gasteiger partial charge in [-0.3, -0.25) is 0 Å². The molecule has 3 heteroatoms. The molecule has 3 rings (SSSR count). The Morgan fingerprint density at radius 1 is 1.26 bits per heavy atom. The minimum Gasteiger partial charge on any atom is -0.383 e. The van der Waals surface area contributed by atoms with Crippen LogP contribution in [0.4, 0.5) is 5.69 Å². The van der Waals surface area contributed by atoms with Crippen molar-refractivity contribution in [3.05, 3.63) is 40.4 Å². The number of nitrogens with zero attached hydrogens (tertiary/aromatic N) is 1. The summed E-state index contributed by atoms with van der Waals surface area (Å²) < 4.78 is 6.39. The Bertz CT molecular complexity index is 611. The molecule has 1 aliphatic rings. The lowest BCUT2D eigenvalue weighted by Crippen LogP contribution is -2.25. The van der Waals surface area contributed by atoms with Gasteiger partial charge in [0.25, 0.3) is 0 Å². The third kappa shape index (κ3) is 2.15. The van der Waals surface area contributed by atoms with E-state index in [0.717, 1.165) is 19.7 Å². The molecule has 0 aliphatic carbocycles. The van der Waals surface area contributed by atoms with Crippen LogP contribution in [0, 0.1) is 0 Å². The van der Waals surface area contributed by atoms with E-state index in [1.54, 1.807) is 7.11 Å². The van der Waals surface area contributed by atoms with Gasteiger partial charge in [-0.05, 0) is 28.5 Å². The van der Waals surface area contributed by atoms with Crippen LogP contribution >= 0.6 is 15.9 Å². The van der Waals surface area contributed by atoms with E-state index in [9.17, 15) is 0 Å². The zero-order valence-electron chi connectivity index (χ0n) is 11.3. The maximum Gasteiger partial charge on any atom is 0.0637 e. The highest BCUT2D eigenvalue weighted by Gasteiger charge is 2.27. The number of ether oxygens (including phenoxy) is 1. The Morgan fingerprint density at radius 2 is 2.11 bits per heavy atom. The van der Waals surface area contributed by atoms with Crippen molar-refractivity contribution in [2.75, 3.05) is 31.7 Å². The third-order valence-corrected chi connectivity index (χ3v) is 4.61. The first kappa shape index (κ1) is 12.9. The topological polar surface area (TPSA) is 12.5 Å². The van der Waals surface area contributed by atoms with Gasteiger partial charge in [0.05, 0.1) is 6.61 Å². The van der Waals surface area contributed by atoms with Crippen LogP contribution in [0.5, 0.6) is 0 Å². The van der Waals surface area contributed by atoms with Crippen LogP contribution in [-0.2, 0) is 4.74 Å². The maximum absolute atomic E-state index is 5.21. The second-order valence-corrected chi connectivity index (χ2v) is 6.03. The molecule has 0 saturated heterocycles. The molecule has 1 heterocycles. The van der Waals surface area contributed by atoms with Crippen molar-refractivity contribution in [3.63, 3.8) is 0 Å². The lowest BCUT2D eigenvalue weighted by molar-refractivity contribution is 0.205. The predicted octanol–water partition coefficient (Wildman–Crippen LogP) is 4.17. The molecule has 1 aliphatic heterocycles. The van der Waals surface area contributed by atoms with Gasteiger partial charge >= 0.3 is 0 Å². The van der Waals surface area contributed by atoms with Crippen LogP contribution in [0.15, 0.2) is 34.8 Å². The molecule has 1 atom stereocenters. The number of rotatable bonds is 3. The number of hydrogen-bond donors (Lipinski definition) is 0. The monoisotopic (exact) mass is 319 g/mol. The van der Waals surface area contributed by atoms with Crippen LogP contribution in [0.25, 0.3) is 10.8 Å². The van der Waals surface area contributed by atoms with Crippen LogP contribution in [0.2, 0.25) is 0 Å². The number of anilines is 1. The second kappa shape index (κ2) is 5.14. The minimum absolute atomic E-state index is 0.574. The van der Waals surface area contributed by atoms with Crippen molar-refractivity contribution >= 4 is 32.4 Å². The van der Waals surface area contributed by atoms with Gasteiger partial charge in [0.2, 0.25) is 0 Å². The van der Waals surface area contributed by atoms with Gasteiger partial charge in [0, 0.05) is 36.3 Å². The minimum atomic E-state index is 0.574. The second-order valence-electron chi connectivity index (χ2n) is 5.17. The van der Waals surface area contributed by atoms with E-state index in [1.165, 1.54) is 26.5 Å². The summed E-state index contributed by atoms with van der Waals surface area (Å²) in [6.45, 7) is 5.15. The molecule has 0 aromatic heterocycles. The highest BCUT2D eigenvalue weighted by atomic mass is 79.9. The highest BCUT2D eigenvalue weighted by molar-refractivity contribution is 9.10. The summed E-state index contributed by atoms with van der Waals surface area (Å²) in [5.74, 6) is 0.574. The summed E-state index contributed by atoms with van der Waals surface area (Å²) in [4.78, 5) is 2.43. The van der Waals surface area contributed by atoms with Crippen molar-refractivity contribution in [1.82, 2.24) is 0 Å². The molecule has 100 valence electrons. The van der Waals surface area contributed by atoms with Crippen molar-refractivity contribution in [1.29, 1.82) is 0 Å². The van der Waals surface area contributed by atoms with Crippen molar-refractivity contribution in [2.24, 2.45) is 0 Å². The summed E-state index contributed by atoms with van der Waals surface area (Å²) in [7, 11) is 1.76. The van der Waals surface area contributed by atoms with Gasteiger partial charge in [-0.1, -0.05) is 41.1 Å². The van der Waals surface area contributed by atoms with Gasteiger partial charge in [-0.2, -0.15) is 0 Å². The highest BCUT2D eigenvalue weighted by Crippen LogP contribution is 2.42. The van der Waals surface area contributed by atoms with E-state index in [2.05, 4.69) is 58.1 Å². The summed E-state index contributed by atoms with van der Waals surface area (Å²) in [5.41, 5.74) is 2.85. The van der Waals surface area contributed by atoms with E-state index in [-0.39, 0.29) is 0 Å². The normalized spacial score (nSPS) is 18.1. The van der Waals surface area contributed by atoms with Crippen LogP contribution in [0.1, 0.15) is 18.4 Å². The number of halogens is 1. The van der Waals surface area contributed by atoms with Crippen LogP contribution in [-0.4, -0.2) is 26.8 Å². The van der Waals surface area contributed by atoms with Gasteiger partial charge < -0.3 is 9.64 Å². The molecule has 0 bridgehead atoms. The summed E-state index contributed by atoms with van der Waals surface area (Å²) in [6, 6.07) is 10.9. The summed E-state index contributed by atoms with van der Waals surface area (Å²) >= 11 is 3.65. The standard InChI is InChI=1S/C16H18BrNO/c1-11-10-18(8-9-19-2)15-7-6-12-13(16(11)15)4-3-5-14(12)17/h3-7,11H,8-10H2,1-2H3. The van der Waals surface area contributed by atoms with E-state index in [4.69, 9.17) is 4.74 Å². The zero-order chi connectivity index (χ0) is 13.4. The Kier molecular flexibility index (Phi) is 3.50. The Labute approximate surface area is 122 Å². The number of hydrogen-bond acceptors (Lipinski definition) is 2. The van der Waals surface area contributed by atoms with Gasteiger partial charge in [-0.15, -0.1) is 0 Å². The van der Waals surface area contributed by atoms with E-state index in [0.29, 0.717) is 5.92 Å². The largest absolute Gasteiger partial charge is 0.383 e. The Morgan fingerprint density at radius 3 is 2.89 bits per heavy atom. The molecule has 19 heavy (non-hydrogen) atoms. The molecule has 2 aromatic carbocycles. The zero-order valence-corrected chi connectivity index (χ0v) is 12.9. The molecule has 0 fully saturated rings. The molecule has 0 spiro atoms. The molecule has 2 nitrogen and oxygen atoms in total. The fourth-order valence-electron chi connectivity index (χ4n) is 3.06. The first-order chi connectivity index (χ1) is 9.22. The van der Waals surface area contributed by atoms with Crippen LogP contribution in [0.3, 0.4) is 0 Å². The fraction of sp³-hybridized carbons (Fsp3) is 0.375. The average Bonchev–Trinajstić information content (AvgIpc) is 2.74. The summed E-state index contributed by atoms with van der Waals surface area (Å²) in [5, 5.41) is 2.68. The van der Waals surface area contributed by atoms with E-state index >= 15 is 0 Å². The maximum atomic E-state index is 5.21. The molecule has 1 unspecified atom stereocenters. The quantitative estimate of drug-likeness (QED) is 0.841. The van der Waals surface area contributed by atoms with Gasteiger partial charge in [-0.25, -0.2) is 0 Å². The van der Waals surface area contributed by atoms with Gasteiger partial charge in [0.15, 0.2) is 0 Å². The lowest BCUT2D eigenvalue weighted by Gasteiger charge is -2.19. The molecule has 0 radical (unpaired) electrons. The SMILES string of the molecule is COCCN1CC(C)c2c1ccc1c(Br)cccc21. The Hall–Kier alpha value is -1.06. The van der Waals surface area contributed by atoms with E-state index in [1.807, 2.05) is 0 Å². The number of methoxy groups -OCH3 is 1.